The molecule has 1 aliphatic heterocycles. The Labute approximate surface area is 102 Å². The first-order chi connectivity index (χ1) is 8.09. The monoisotopic (exact) mass is 251 g/mol. The van der Waals surface area contributed by atoms with Crippen LogP contribution in [0.25, 0.3) is 5.69 Å². The first-order valence-electron chi connectivity index (χ1n) is 5.10. The molecule has 0 atom stereocenters. The number of fused-ring (bicyclic) bond motifs is 3. The average Bonchev–Trinajstić information content (AvgIpc) is 2.54. The van der Waals surface area contributed by atoms with Gasteiger partial charge in [-0.3, -0.25) is 0 Å². The predicted octanol–water partition coefficient (Wildman–Crippen LogP) is 0.569. The second-order valence-electron chi connectivity index (χ2n) is 3.98. The number of aryl methyl sites for hydroxylation is 1. The highest BCUT2D eigenvalue weighted by atomic mass is 35.5. The number of halogens is 1. The van der Waals surface area contributed by atoms with E-state index in [1.807, 2.05) is 11.9 Å². The van der Waals surface area contributed by atoms with Gasteiger partial charge in [0.25, 0.3) is 0 Å². The fourth-order valence-corrected chi connectivity index (χ4v) is 2.40. The number of hydrogen-bond donors (Lipinski definition) is 0. The number of anilines is 1. The molecule has 2 aromatic rings. The Bertz CT molecular complexity index is 659. The van der Waals surface area contributed by atoms with Crippen LogP contribution in [0.4, 0.5) is 5.69 Å². The molecule has 0 saturated carbocycles. The minimum atomic E-state index is -0.170. The van der Waals surface area contributed by atoms with Gasteiger partial charge >= 0.3 is 5.69 Å². The molecular formula is C10H10ClN5O. The molecule has 17 heavy (non-hydrogen) atoms. The molecular weight excluding hydrogens is 242 g/mol. The average molecular weight is 252 g/mol. The van der Waals surface area contributed by atoms with Crippen molar-refractivity contribution in [2.24, 2.45) is 7.05 Å². The molecule has 3 rings (SSSR count). The summed E-state index contributed by atoms with van der Waals surface area (Å²) >= 11 is 6.07. The number of rotatable bonds is 0. The lowest BCUT2D eigenvalue weighted by molar-refractivity contribution is 0.714. The van der Waals surface area contributed by atoms with Crippen LogP contribution in [0.1, 0.15) is 5.82 Å². The van der Waals surface area contributed by atoms with Crippen LogP contribution >= 0.6 is 11.6 Å². The summed E-state index contributed by atoms with van der Waals surface area (Å²) in [6.45, 7) is 0.536. The molecule has 0 radical (unpaired) electrons. The second kappa shape index (κ2) is 3.33. The summed E-state index contributed by atoms with van der Waals surface area (Å²) < 4.78 is 2.90. The maximum atomic E-state index is 12.0. The van der Waals surface area contributed by atoms with Crippen molar-refractivity contribution in [3.8, 4) is 5.69 Å². The summed E-state index contributed by atoms with van der Waals surface area (Å²) in [7, 11) is 3.53. The van der Waals surface area contributed by atoms with Gasteiger partial charge in [-0.1, -0.05) is 11.6 Å². The Kier molecular flexibility index (Phi) is 2.03. The third kappa shape index (κ3) is 1.30. The van der Waals surface area contributed by atoms with Gasteiger partial charge in [-0.05, 0) is 6.07 Å². The van der Waals surface area contributed by atoms with Gasteiger partial charge in [0.1, 0.15) is 0 Å². The van der Waals surface area contributed by atoms with Crippen LogP contribution < -0.4 is 10.6 Å². The van der Waals surface area contributed by atoms with E-state index < -0.39 is 0 Å². The molecule has 0 unspecified atom stereocenters. The van der Waals surface area contributed by atoms with Crippen LogP contribution in [0.5, 0.6) is 0 Å². The predicted molar refractivity (Wildman–Crippen MR) is 63.7 cm³/mol. The Morgan fingerprint density at radius 3 is 2.94 bits per heavy atom. The summed E-state index contributed by atoms with van der Waals surface area (Å²) in [5.41, 5.74) is 1.32. The van der Waals surface area contributed by atoms with Crippen molar-refractivity contribution in [2.45, 2.75) is 6.54 Å². The first kappa shape index (κ1) is 10.3. The summed E-state index contributed by atoms with van der Waals surface area (Å²) in [6, 6.07) is 1.77. The van der Waals surface area contributed by atoms with Crippen LogP contribution in [-0.4, -0.2) is 26.4 Å². The Hall–Kier alpha value is -1.82. The summed E-state index contributed by atoms with van der Waals surface area (Å²) in [5, 5.41) is 4.59. The normalized spacial score (nSPS) is 13.5. The van der Waals surface area contributed by atoms with Crippen LogP contribution in [0.3, 0.4) is 0 Å². The van der Waals surface area contributed by atoms with Gasteiger partial charge in [-0.25, -0.2) is 19.0 Å². The molecule has 2 aromatic heterocycles. The third-order valence-corrected chi connectivity index (χ3v) is 3.13. The molecule has 88 valence electrons. The molecule has 1 aliphatic rings. The van der Waals surface area contributed by atoms with Crippen molar-refractivity contribution in [1.29, 1.82) is 0 Å². The van der Waals surface area contributed by atoms with Crippen LogP contribution in [0.2, 0.25) is 5.15 Å². The third-order valence-electron chi connectivity index (χ3n) is 2.85. The molecule has 3 heterocycles. The Morgan fingerprint density at radius 2 is 2.18 bits per heavy atom. The number of pyridine rings is 1. The van der Waals surface area contributed by atoms with Gasteiger partial charge in [0.15, 0.2) is 11.0 Å². The van der Waals surface area contributed by atoms with Gasteiger partial charge in [0.2, 0.25) is 0 Å². The lowest BCUT2D eigenvalue weighted by atomic mass is 10.2. The fraction of sp³-hybridized carbons (Fsp3) is 0.300. The molecule has 0 N–H and O–H groups in total. The largest absolute Gasteiger partial charge is 0.363 e. The second-order valence-corrected chi connectivity index (χ2v) is 4.34. The van der Waals surface area contributed by atoms with Crippen molar-refractivity contribution in [3.63, 3.8) is 0 Å². The molecule has 0 spiro atoms. The SMILES string of the molecule is CN1Cc2nn(C)c(=O)n2-c2ccnc(Cl)c21. The molecule has 7 heteroatoms. The Morgan fingerprint density at radius 1 is 1.41 bits per heavy atom. The Balaban J connectivity index is 2.40. The van der Waals surface area contributed by atoms with E-state index in [0.717, 1.165) is 11.4 Å². The van der Waals surface area contributed by atoms with E-state index in [2.05, 4.69) is 10.1 Å². The number of aromatic nitrogens is 4. The highest BCUT2D eigenvalue weighted by Gasteiger charge is 2.26. The minimum absolute atomic E-state index is 0.170. The van der Waals surface area contributed by atoms with E-state index >= 15 is 0 Å². The molecule has 0 amide bonds. The van der Waals surface area contributed by atoms with Gasteiger partial charge in [-0.2, -0.15) is 5.10 Å². The maximum Gasteiger partial charge on any atom is 0.350 e. The molecule has 0 saturated heterocycles. The van der Waals surface area contributed by atoms with Crippen LogP contribution in [-0.2, 0) is 13.6 Å². The summed E-state index contributed by atoms with van der Waals surface area (Å²) in [6.07, 6.45) is 1.59. The molecule has 6 nitrogen and oxygen atoms in total. The number of hydrogen-bond acceptors (Lipinski definition) is 4. The summed E-state index contributed by atoms with van der Waals surface area (Å²) in [4.78, 5) is 17.9. The van der Waals surface area contributed by atoms with Gasteiger partial charge in [-0.15, -0.1) is 0 Å². The van der Waals surface area contributed by atoms with E-state index in [4.69, 9.17) is 11.6 Å². The summed E-state index contributed by atoms with van der Waals surface area (Å²) in [5.74, 6) is 0.703. The zero-order valence-corrected chi connectivity index (χ0v) is 10.1. The van der Waals surface area contributed by atoms with Crippen LogP contribution in [0.15, 0.2) is 17.1 Å². The van der Waals surface area contributed by atoms with Crippen LogP contribution in [0, 0.1) is 0 Å². The van der Waals surface area contributed by atoms with E-state index in [-0.39, 0.29) is 5.69 Å². The molecule has 0 aromatic carbocycles. The van der Waals surface area contributed by atoms with E-state index in [1.54, 1.807) is 23.9 Å². The van der Waals surface area contributed by atoms with Crippen molar-refractivity contribution in [1.82, 2.24) is 19.3 Å². The zero-order chi connectivity index (χ0) is 12.2. The van der Waals surface area contributed by atoms with Crippen molar-refractivity contribution < 1.29 is 0 Å². The zero-order valence-electron chi connectivity index (χ0n) is 9.38. The van der Waals surface area contributed by atoms with Crippen molar-refractivity contribution in [3.05, 3.63) is 33.7 Å². The standard InChI is InChI=1S/C10H10ClN5O/c1-14-5-7-13-15(2)10(17)16(7)6-3-4-12-9(11)8(6)14/h3-4H,5H2,1-2H3. The molecule has 0 aliphatic carbocycles. The quantitative estimate of drug-likeness (QED) is 0.643. The lowest BCUT2D eigenvalue weighted by Crippen LogP contribution is -2.31. The van der Waals surface area contributed by atoms with Gasteiger partial charge < -0.3 is 4.90 Å². The lowest BCUT2D eigenvalue weighted by Gasteiger charge is -2.27. The topological polar surface area (TPSA) is 56.0 Å². The van der Waals surface area contributed by atoms with Gasteiger partial charge in [0, 0.05) is 20.3 Å². The van der Waals surface area contributed by atoms with Gasteiger partial charge in [0.05, 0.1) is 17.9 Å². The highest BCUT2D eigenvalue weighted by molar-refractivity contribution is 6.32. The van der Waals surface area contributed by atoms with E-state index in [1.165, 1.54) is 4.68 Å². The van der Waals surface area contributed by atoms with Crippen molar-refractivity contribution >= 4 is 17.3 Å². The van der Waals surface area contributed by atoms with Crippen molar-refractivity contribution in [2.75, 3.05) is 11.9 Å². The highest BCUT2D eigenvalue weighted by Crippen LogP contribution is 2.33. The van der Waals surface area contributed by atoms with E-state index in [9.17, 15) is 4.79 Å². The van der Waals surface area contributed by atoms with E-state index in [0.29, 0.717) is 17.5 Å². The fourth-order valence-electron chi connectivity index (χ4n) is 2.10. The molecule has 0 fully saturated rings. The first-order valence-corrected chi connectivity index (χ1v) is 5.48. The molecule has 0 bridgehead atoms. The minimum Gasteiger partial charge on any atom is -0.363 e. The number of nitrogens with zero attached hydrogens (tertiary/aromatic N) is 5. The maximum absolute atomic E-state index is 12.0. The smallest absolute Gasteiger partial charge is 0.350 e.